The minimum absolute atomic E-state index is 0.0356. The molecule has 0 aromatic carbocycles. The van der Waals surface area contributed by atoms with E-state index in [0.29, 0.717) is 24.6 Å². The normalized spacial score (nSPS) is 12.7. The van der Waals surface area contributed by atoms with Crippen molar-refractivity contribution in [3.8, 4) is 5.88 Å². The van der Waals surface area contributed by atoms with Crippen LogP contribution in [0.15, 0.2) is 12.3 Å². The highest BCUT2D eigenvalue weighted by molar-refractivity contribution is 5.23. The van der Waals surface area contributed by atoms with Crippen LogP contribution >= 0.6 is 0 Å². The smallest absolute Gasteiger partial charge is 0.251 e. The highest BCUT2D eigenvalue weighted by atomic mass is 19.1. The van der Waals surface area contributed by atoms with E-state index in [-0.39, 0.29) is 12.0 Å². The summed E-state index contributed by atoms with van der Waals surface area (Å²) in [6.45, 7) is 7.75. The lowest BCUT2D eigenvalue weighted by Crippen LogP contribution is -2.21. The molecule has 0 radical (unpaired) electrons. The first-order valence-corrected chi connectivity index (χ1v) is 6.54. The first-order chi connectivity index (χ1) is 9.04. The number of nitrogens with one attached hydrogen (secondary N) is 1. The maximum atomic E-state index is 14.1. The van der Waals surface area contributed by atoms with Crippen LogP contribution in [0.1, 0.15) is 26.3 Å². The van der Waals surface area contributed by atoms with Crippen LogP contribution in [0.4, 0.5) is 4.39 Å². The average Bonchev–Trinajstić information content (AvgIpc) is 2.33. The van der Waals surface area contributed by atoms with Crippen molar-refractivity contribution < 1.29 is 13.9 Å². The fraction of sp³-hybridized carbons (Fsp3) is 0.643. The van der Waals surface area contributed by atoms with Crippen molar-refractivity contribution in [2.24, 2.45) is 5.92 Å². The van der Waals surface area contributed by atoms with E-state index in [1.54, 1.807) is 19.4 Å². The second-order valence-corrected chi connectivity index (χ2v) is 5.00. The van der Waals surface area contributed by atoms with E-state index < -0.39 is 5.82 Å². The van der Waals surface area contributed by atoms with Crippen molar-refractivity contribution in [2.75, 3.05) is 20.3 Å². The molecule has 0 saturated carbocycles. The monoisotopic (exact) mass is 270 g/mol. The van der Waals surface area contributed by atoms with E-state index in [1.807, 2.05) is 6.92 Å². The lowest BCUT2D eigenvalue weighted by atomic mass is 10.2. The predicted octanol–water partition coefficient (Wildman–Crippen LogP) is 2.38. The summed E-state index contributed by atoms with van der Waals surface area (Å²) in [4.78, 5) is 3.92. The van der Waals surface area contributed by atoms with Gasteiger partial charge in [0.2, 0.25) is 0 Å². The zero-order valence-corrected chi connectivity index (χ0v) is 12.1. The number of hydrogen-bond acceptors (Lipinski definition) is 4. The van der Waals surface area contributed by atoms with Gasteiger partial charge in [0.05, 0.1) is 6.61 Å². The molecule has 108 valence electrons. The molecule has 1 heterocycles. The van der Waals surface area contributed by atoms with E-state index in [0.717, 1.165) is 6.54 Å². The Bertz CT molecular complexity index is 386. The molecule has 0 aliphatic heterocycles. The summed E-state index contributed by atoms with van der Waals surface area (Å²) in [5, 5.41) is 3.20. The van der Waals surface area contributed by atoms with Crippen LogP contribution in [0.3, 0.4) is 0 Å². The molecule has 0 amide bonds. The molecule has 0 aliphatic rings. The van der Waals surface area contributed by atoms with Gasteiger partial charge in [-0.25, -0.2) is 9.37 Å². The van der Waals surface area contributed by atoms with Gasteiger partial charge in [-0.15, -0.1) is 0 Å². The number of methoxy groups -OCH3 is 1. The van der Waals surface area contributed by atoms with Gasteiger partial charge in [-0.2, -0.15) is 0 Å². The average molecular weight is 270 g/mol. The van der Waals surface area contributed by atoms with Crippen LogP contribution in [0, 0.1) is 11.7 Å². The Morgan fingerprint density at radius 2 is 2.11 bits per heavy atom. The Hall–Kier alpha value is -1.20. The fourth-order valence-corrected chi connectivity index (χ4v) is 1.64. The maximum absolute atomic E-state index is 14.1. The van der Waals surface area contributed by atoms with Gasteiger partial charge in [0.15, 0.2) is 5.82 Å². The number of ether oxygens (including phenoxy) is 2. The maximum Gasteiger partial charge on any atom is 0.251 e. The van der Waals surface area contributed by atoms with Crippen molar-refractivity contribution in [2.45, 2.75) is 33.4 Å². The van der Waals surface area contributed by atoms with E-state index in [1.165, 1.54) is 0 Å². The molecular weight excluding hydrogens is 247 g/mol. The van der Waals surface area contributed by atoms with Gasteiger partial charge in [0, 0.05) is 25.4 Å². The van der Waals surface area contributed by atoms with Crippen LogP contribution in [0.25, 0.3) is 0 Å². The van der Waals surface area contributed by atoms with Gasteiger partial charge >= 0.3 is 0 Å². The van der Waals surface area contributed by atoms with Crippen LogP contribution in [0.5, 0.6) is 5.88 Å². The summed E-state index contributed by atoms with van der Waals surface area (Å²) in [6.07, 6.45) is 1.33. The van der Waals surface area contributed by atoms with Gasteiger partial charge in [-0.05, 0) is 25.5 Å². The molecular formula is C14H23FN2O2. The summed E-state index contributed by atoms with van der Waals surface area (Å²) in [6, 6.07) is 1.66. The first-order valence-electron chi connectivity index (χ1n) is 6.54. The molecule has 1 unspecified atom stereocenters. The van der Waals surface area contributed by atoms with E-state index in [9.17, 15) is 4.39 Å². The molecule has 0 spiro atoms. The van der Waals surface area contributed by atoms with E-state index in [2.05, 4.69) is 24.1 Å². The molecule has 0 saturated heterocycles. The molecule has 1 aromatic rings. The lowest BCUT2D eigenvalue weighted by molar-refractivity contribution is 0.0857. The number of rotatable bonds is 8. The Labute approximate surface area is 114 Å². The molecule has 0 bridgehead atoms. The Kier molecular flexibility index (Phi) is 6.73. The second kappa shape index (κ2) is 8.07. The molecule has 1 aromatic heterocycles. The quantitative estimate of drug-likeness (QED) is 0.787. The zero-order valence-electron chi connectivity index (χ0n) is 12.1. The van der Waals surface area contributed by atoms with Gasteiger partial charge < -0.3 is 14.8 Å². The summed E-state index contributed by atoms with van der Waals surface area (Å²) in [5.74, 6) is 0.164. The summed E-state index contributed by atoms with van der Waals surface area (Å²) < 4.78 is 24.5. The molecule has 5 heteroatoms. The minimum Gasteiger partial charge on any atom is -0.470 e. The molecule has 0 aliphatic carbocycles. The third kappa shape index (κ3) is 5.53. The van der Waals surface area contributed by atoms with E-state index in [4.69, 9.17) is 9.47 Å². The molecule has 1 N–H and O–H groups in total. The van der Waals surface area contributed by atoms with Crippen LogP contribution in [-0.4, -0.2) is 31.3 Å². The lowest BCUT2D eigenvalue weighted by Gasteiger charge is -2.15. The van der Waals surface area contributed by atoms with Gasteiger partial charge in [0.1, 0.15) is 6.10 Å². The number of hydrogen-bond donors (Lipinski definition) is 1. The molecule has 1 rings (SSSR count). The SMILES string of the molecule is COCC(C)Oc1nccc(CNCC(C)C)c1F. The van der Waals surface area contributed by atoms with Crippen LogP contribution in [0.2, 0.25) is 0 Å². The zero-order chi connectivity index (χ0) is 14.3. The second-order valence-electron chi connectivity index (χ2n) is 5.00. The third-order valence-electron chi connectivity index (χ3n) is 2.52. The number of halogens is 1. The van der Waals surface area contributed by atoms with Gasteiger partial charge in [-0.1, -0.05) is 13.8 Å². The Balaban J connectivity index is 2.63. The van der Waals surface area contributed by atoms with Crippen molar-refractivity contribution in [3.05, 3.63) is 23.6 Å². The van der Waals surface area contributed by atoms with Gasteiger partial charge in [-0.3, -0.25) is 0 Å². The Morgan fingerprint density at radius 3 is 2.74 bits per heavy atom. The Morgan fingerprint density at radius 1 is 1.37 bits per heavy atom. The van der Waals surface area contributed by atoms with Crippen molar-refractivity contribution in [3.63, 3.8) is 0 Å². The number of nitrogens with zero attached hydrogens (tertiary/aromatic N) is 1. The molecule has 4 nitrogen and oxygen atoms in total. The highest BCUT2D eigenvalue weighted by Crippen LogP contribution is 2.18. The molecule has 1 atom stereocenters. The third-order valence-corrected chi connectivity index (χ3v) is 2.52. The van der Waals surface area contributed by atoms with Crippen molar-refractivity contribution in [1.82, 2.24) is 10.3 Å². The summed E-state index contributed by atoms with van der Waals surface area (Å²) in [7, 11) is 1.58. The topological polar surface area (TPSA) is 43.4 Å². The largest absolute Gasteiger partial charge is 0.470 e. The van der Waals surface area contributed by atoms with Gasteiger partial charge in [0.25, 0.3) is 5.88 Å². The van der Waals surface area contributed by atoms with Crippen LogP contribution in [-0.2, 0) is 11.3 Å². The highest BCUT2D eigenvalue weighted by Gasteiger charge is 2.13. The number of aromatic nitrogens is 1. The predicted molar refractivity (Wildman–Crippen MR) is 72.7 cm³/mol. The van der Waals surface area contributed by atoms with Crippen molar-refractivity contribution in [1.29, 1.82) is 0 Å². The standard InChI is InChI=1S/C14H23FN2O2/c1-10(2)7-16-8-12-5-6-17-14(13(12)15)19-11(3)9-18-4/h5-6,10-11,16H,7-9H2,1-4H3. The minimum atomic E-state index is -0.401. The summed E-state index contributed by atoms with van der Waals surface area (Å²) >= 11 is 0. The van der Waals surface area contributed by atoms with E-state index >= 15 is 0 Å². The van der Waals surface area contributed by atoms with Crippen molar-refractivity contribution >= 4 is 0 Å². The molecule has 19 heavy (non-hydrogen) atoms. The first kappa shape index (κ1) is 15.9. The summed E-state index contributed by atoms with van der Waals surface area (Å²) in [5.41, 5.74) is 0.565. The number of pyridine rings is 1. The van der Waals surface area contributed by atoms with Crippen LogP contribution < -0.4 is 10.1 Å². The fourth-order valence-electron chi connectivity index (χ4n) is 1.64. The molecule has 0 fully saturated rings.